The lowest BCUT2D eigenvalue weighted by molar-refractivity contribution is -0.116. The highest BCUT2D eigenvalue weighted by Crippen LogP contribution is 2.18. The Morgan fingerprint density at radius 3 is 2.00 bits per heavy atom. The third-order valence-corrected chi connectivity index (χ3v) is 3.91. The highest BCUT2D eigenvalue weighted by molar-refractivity contribution is 7.90. The first kappa shape index (κ1) is 14.5. The Morgan fingerprint density at radius 1 is 1.11 bits per heavy atom. The smallest absolute Gasteiger partial charge is 0.301 e. The molecule has 100 valence electrons. The summed E-state index contributed by atoms with van der Waals surface area (Å²) in [5.74, 6) is -0.0865. The van der Waals surface area contributed by atoms with Crippen molar-refractivity contribution in [2.24, 2.45) is 0 Å². The number of carbonyl (C=O) groups excluding carboxylic acids is 1. The van der Waals surface area contributed by atoms with Crippen LogP contribution in [0.5, 0.6) is 0 Å². The van der Waals surface area contributed by atoms with Crippen LogP contribution in [0.4, 0.5) is 11.4 Å². The van der Waals surface area contributed by atoms with E-state index in [9.17, 15) is 13.2 Å². The fourth-order valence-electron chi connectivity index (χ4n) is 1.18. The maximum absolute atomic E-state index is 11.6. The quantitative estimate of drug-likeness (QED) is 0.884. The molecule has 0 fully saturated rings. The Bertz CT molecular complexity index is 523. The van der Waals surface area contributed by atoms with Crippen LogP contribution in [0.2, 0.25) is 0 Å². The number of rotatable bonds is 4. The number of nitrogens with zero attached hydrogens (tertiary/aromatic N) is 2. The molecule has 1 N–H and O–H groups in total. The minimum atomic E-state index is -3.50. The summed E-state index contributed by atoms with van der Waals surface area (Å²) in [7, 11) is 1.05. The van der Waals surface area contributed by atoms with Gasteiger partial charge < -0.3 is 4.90 Å². The van der Waals surface area contributed by atoms with Crippen molar-refractivity contribution in [1.82, 2.24) is 4.31 Å². The highest BCUT2D eigenvalue weighted by atomic mass is 32.2. The van der Waals surface area contributed by atoms with E-state index in [1.807, 2.05) is 0 Å². The van der Waals surface area contributed by atoms with Gasteiger partial charge in [-0.2, -0.15) is 12.7 Å². The summed E-state index contributed by atoms with van der Waals surface area (Å²) >= 11 is 0. The lowest BCUT2D eigenvalue weighted by Gasteiger charge is -2.16. The van der Waals surface area contributed by atoms with Gasteiger partial charge in [0.15, 0.2) is 0 Å². The molecule has 0 atom stereocenters. The van der Waals surface area contributed by atoms with Crippen molar-refractivity contribution in [2.75, 3.05) is 30.8 Å². The van der Waals surface area contributed by atoms with Gasteiger partial charge in [-0.05, 0) is 24.3 Å². The van der Waals surface area contributed by atoms with E-state index in [4.69, 9.17) is 0 Å². The first-order valence-electron chi connectivity index (χ1n) is 5.28. The van der Waals surface area contributed by atoms with Crippen LogP contribution in [0.1, 0.15) is 6.92 Å². The molecule has 1 rings (SSSR count). The molecule has 0 aliphatic carbocycles. The zero-order valence-corrected chi connectivity index (χ0v) is 11.7. The number of hydrogen-bond donors (Lipinski definition) is 1. The molecule has 7 heteroatoms. The molecular weight excluding hydrogens is 254 g/mol. The summed E-state index contributed by atoms with van der Waals surface area (Å²) < 4.78 is 26.6. The van der Waals surface area contributed by atoms with E-state index in [-0.39, 0.29) is 5.91 Å². The topological polar surface area (TPSA) is 69.7 Å². The van der Waals surface area contributed by atoms with Gasteiger partial charge in [0.2, 0.25) is 5.91 Å². The highest BCUT2D eigenvalue weighted by Gasteiger charge is 2.13. The minimum Gasteiger partial charge on any atom is -0.316 e. The fraction of sp³-hybridized carbons (Fsp3) is 0.364. The van der Waals surface area contributed by atoms with Crippen molar-refractivity contribution in [2.45, 2.75) is 6.92 Å². The molecule has 18 heavy (non-hydrogen) atoms. The van der Waals surface area contributed by atoms with Crippen molar-refractivity contribution in [3.05, 3.63) is 24.3 Å². The normalized spacial score (nSPS) is 11.4. The van der Waals surface area contributed by atoms with E-state index in [0.717, 1.165) is 4.31 Å². The van der Waals surface area contributed by atoms with Gasteiger partial charge in [0, 0.05) is 39.4 Å². The average molecular weight is 271 g/mol. The second-order valence-electron chi connectivity index (χ2n) is 4.01. The Morgan fingerprint density at radius 2 is 1.61 bits per heavy atom. The van der Waals surface area contributed by atoms with Crippen LogP contribution >= 0.6 is 0 Å². The number of hydrogen-bond acceptors (Lipinski definition) is 3. The van der Waals surface area contributed by atoms with Crippen LogP contribution in [0, 0.1) is 0 Å². The van der Waals surface area contributed by atoms with E-state index < -0.39 is 10.2 Å². The third kappa shape index (κ3) is 3.44. The average Bonchev–Trinajstić information content (AvgIpc) is 2.28. The van der Waals surface area contributed by atoms with Crippen LogP contribution in [0.3, 0.4) is 0 Å². The summed E-state index contributed by atoms with van der Waals surface area (Å²) in [5, 5.41) is 0. The van der Waals surface area contributed by atoms with Crippen LogP contribution in [-0.4, -0.2) is 39.8 Å². The Kier molecular flexibility index (Phi) is 4.31. The molecule has 1 amide bonds. The second-order valence-corrected chi connectivity index (χ2v) is 5.90. The van der Waals surface area contributed by atoms with Gasteiger partial charge in [0.05, 0.1) is 0 Å². The molecular formula is C11H17N3O3S. The maximum Gasteiger partial charge on any atom is 0.301 e. The zero-order valence-electron chi connectivity index (χ0n) is 10.8. The predicted molar refractivity (Wildman–Crippen MR) is 71.8 cm³/mol. The van der Waals surface area contributed by atoms with Crippen LogP contribution in [0.15, 0.2) is 24.3 Å². The van der Waals surface area contributed by atoms with Gasteiger partial charge >= 0.3 is 10.2 Å². The fourth-order valence-corrected chi connectivity index (χ4v) is 1.79. The van der Waals surface area contributed by atoms with Crippen molar-refractivity contribution >= 4 is 27.5 Å². The van der Waals surface area contributed by atoms with Crippen molar-refractivity contribution in [3.8, 4) is 0 Å². The second kappa shape index (κ2) is 5.36. The molecule has 0 aromatic heterocycles. The van der Waals surface area contributed by atoms with Crippen LogP contribution in [-0.2, 0) is 15.0 Å². The number of anilines is 2. The Balaban J connectivity index is 2.88. The molecule has 0 saturated carbocycles. The lowest BCUT2D eigenvalue weighted by atomic mass is 10.2. The first-order chi connectivity index (χ1) is 8.24. The van der Waals surface area contributed by atoms with E-state index in [1.54, 1.807) is 31.3 Å². The third-order valence-electron chi connectivity index (χ3n) is 2.45. The Labute approximate surface area is 107 Å². The zero-order chi connectivity index (χ0) is 13.9. The summed E-state index contributed by atoms with van der Waals surface area (Å²) in [6.07, 6.45) is 0. The molecule has 0 saturated heterocycles. The van der Waals surface area contributed by atoms with Crippen molar-refractivity contribution < 1.29 is 13.2 Å². The molecule has 0 unspecified atom stereocenters. The lowest BCUT2D eigenvalue weighted by Crippen LogP contribution is -2.29. The summed E-state index contributed by atoms with van der Waals surface area (Å²) in [6.45, 7) is 1.46. The predicted octanol–water partition coefficient (Wildman–Crippen LogP) is 0.888. The molecule has 6 nitrogen and oxygen atoms in total. The summed E-state index contributed by atoms with van der Waals surface area (Å²) in [5.41, 5.74) is 1.15. The summed E-state index contributed by atoms with van der Waals surface area (Å²) in [4.78, 5) is 12.6. The van der Waals surface area contributed by atoms with Gasteiger partial charge in [0.25, 0.3) is 0 Å². The van der Waals surface area contributed by atoms with E-state index in [2.05, 4.69) is 4.72 Å². The van der Waals surface area contributed by atoms with Crippen LogP contribution in [0.25, 0.3) is 0 Å². The molecule has 0 aliphatic heterocycles. The van der Waals surface area contributed by atoms with Gasteiger partial charge in [-0.1, -0.05) is 0 Å². The molecule has 0 spiro atoms. The van der Waals surface area contributed by atoms with Crippen molar-refractivity contribution in [3.63, 3.8) is 0 Å². The molecule has 0 radical (unpaired) electrons. The van der Waals surface area contributed by atoms with Crippen molar-refractivity contribution in [1.29, 1.82) is 0 Å². The summed E-state index contributed by atoms with van der Waals surface area (Å²) in [6, 6.07) is 6.56. The minimum absolute atomic E-state index is 0.0865. The van der Waals surface area contributed by atoms with Gasteiger partial charge in [-0.15, -0.1) is 0 Å². The van der Waals surface area contributed by atoms with Gasteiger partial charge in [0.1, 0.15) is 0 Å². The molecule has 0 bridgehead atoms. The standard InChI is InChI=1S/C11H17N3O3S/c1-9(15)14(4)11-7-5-10(6-8-11)12-18(16,17)13(2)3/h5-8,12H,1-4H3. The van der Waals surface area contributed by atoms with Crippen LogP contribution < -0.4 is 9.62 Å². The van der Waals surface area contributed by atoms with E-state index >= 15 is 0 Å². The Hall–Kier alpha value is -1.60. The molecule has 1 aromatic rings. The maximum atomic E-state index is 11.6. The molecule has 0 aliphatic rings. The SMILES string of the molecule is CC(=O)N(C)c1ccc(NS(=O)(=O)N(C)C)cc1. The molecule has 0 heterocycles. The number of benzene rings is 1. The van der Waals surface area contributed by atoms with E-state index in [0.29, 0.717) is 11.4 Å². The van der Waals surface area contributed by atoms with Gasteiger partial charge in [-0.3, -0.25) is 9.52 Å². The number of nitrogens with one attached hydrogen (secondary N) is 1. The number of carbonyl (C=O) groups is 1. The number of amides is 1. The molecule has 1 aromatic carbocycles. The van der Waals surface area contributed by atoms with Gasteiger partial charge in [-0.25, -0.2) is 0 Å². The first-order valence-corrected chi connectivity index (χ1v) is 6.72. The largest absolute Gasteiger partial charge is 0.316 e. The monoisotopic (exact) mass is 271 g/mol. The van der Waals surface area contributed by atoms with E-state index in [1.165, 1.54) is 25.9 Å².